The summed E-state index contributed by atoms with van der Waals surface area (Å²) >= 11 is 1.53. The number of aryl methyl sites for hydroxylation is 2. The van der Waals surface area contributed by atoms with Crippen LogP contribution in [0, 0.1) is 0 Å². The number of fused-ring (bicyclic) bond motifs is 1. The number of aromatic nitrogens is 4. The smallest absolute Gasteiger partial charge is 0.228 e. The molecule has 3 rings (SSSR count). The lowest BCUT2D eigenvalue weighted by Gasteiger charge is -2.15. The average molecular weight is 292 g/mol. The molecule has 3 N–H and O–H groups in total. The third kappa shape index (κ3) is 3.02. The van der Waals surface area contributed by atoms with Gasteiger partial charge >= 0.3 is 0 Å². The molecule has 2 aromatic heterocycles. The second-order valence-corrected chi connectivity index (χ2v) is 5.93. The zero-order valence-corrected chi connectivity index (χ0v) is 11.8. The van der Waals surface area contributed by atoms with E-state index < -0.39 is 0 Å². The molecular weight excluding hydrogens is 276 g/mol. The SMILES string of the molecule is N[C@H]1CCc2nc(NC(=O)CCn3cncn3)sc2C1. The summed E-state index contributed by atoms with van der Waals surface area (Å²) in [5, 5.41) is 7.47. The van der Waals surface area contributed by atoms with Crippen molar-refractivity contribution in [1.29, 1.82) is 0 Å². The number of hydrogen-bond acceptors (Lipinski definition) is 6. The second-order valence-electron chi connectivity index (χ2n) is 4.85. The molecule has 0 aliphatic heterocycles. The van der Waals surface area contributed by atoms with Gasteiger partial charge in [-0.25, -0.2) is 9.97 Å². The van der Waals surface area contributed by atoms with Gasteiger partial charge in [-0.3, -0.25) is 9.48 Å². The fraction of sp³-hybridized carbons (Fsp3) is 0.500. The van der Waals surface area contributed by atoms with Crippen molar-refractivity contribution in [2.45, 2.75) is 38.3 Å². The fourth-order valence-electron chi connectivity index (χ4n) is 2.20. The molecular formula is C12H16N6OS. The van der Waals surface area contributed by atoms with Gasteiger partial charge in [-0.2, -0.15) is 5.10 Å². The number of nitrogens with zero attached hydrogens (tertiary/aromatic N) is 4. The Morgan fingerprint density at radius 3 is 3.30 bits per heavy atom. The van der Waals surface area contributed by atoms with Crippen LogP contribution in [0.5, 0.6) is 0 Å². The van der Waals surface area contributed by atoms with Crippen LogP contribution in [0.1, 0.15) is 23.4 Å². The maximum atomic E-state index is 11.9. The molecule has 0 bridgehead atoms. The van der Waals surface area contributed by atoms with Crippen LogP contribution in [0.25, 0.3) is 0 Å². The van der Waals surface area contributed by atoms with Crippen molar-refractivity contribution >= 4 is 22.4 Å². The highest BCUT2D eigenvalue weighted by atomic mass is 32.1. The van der Waals surface area contributed by atoms with Crippen LogP contribution in [0.4, 0.5) is 5.13 Å². The van der Waals surface area contributed by atoms with Crippen molar-refractivity contribution in [3.63, 3.8) is 0 Å². The van der Waals surface area contributed by atoms with Gasteiger partial charge in [-0.05, 0) is 19.3 Å². The number of nitrogens with two attached hydrogens (primary N) is 1. The van der Waals surface area contributed by atoms with E-state index in [1.54, 1.807) is 11.0 Å². The van der Waals surface area contributed by atoms with Crippen molar-refractivity contribution in [3.05, 3.63) is 23.2 Å². The molecule has 2 aromatic rings. The van der Waals surface area contributed by atoms with Gasteiger partial charge in [-0.1, -0.05) is 0 Å². The summed E-state index contributed by atoms with van der Waals surface area (Å²) in [6.07, 6.45) is 6.14. The van der Waals surface area contributed by atoms with E-state index in [0.717, 1.165) is 25.0 Å². The Kier molecular flexibility index (Phi) is 3.75. The van der Waals surface area contributed by atoms with Crippen molar-refractivity contribution in [2.75, 3.05) is 5.32 Å². The minimum absolute atomic E-state index is 0.0594. The lowest BCUT2D eigenvalue weighted by molar-refractivity contribution is -0.116. The first kappa shape index (κ1) is 13.2. The van der Waals surface area contributed by atoms with Gasteiger partial charge in [0.2, 0.25) is 5.91 Å². The van der Waals surface area contributed by atoms with E-state index in [0.29, 0.717) is 18.1 Å². The standard InChI is InChI=1S/C12H16N6OS/c13-8-1-2-9-10(5-8)20-12(16-9)17-11(19)3-4-18-7-14-6-15-18/h6-8H,1-5,13H2,(H,16,17,19)/t8-/m0/s1. The molecule has 0 radical (unpaired) electrons. The maximum absolute atomic E-state index is 11.9. The molecule has 1 aliphatic rings. The van der Waals surface area contributed by atoms with Gasteiger partial charge in [0.1, 0.15) is 12.7 Å². The lowest BCUT2D eigenvalue weighted by Crippen LogP contribution is -2.27. The Hall–Kier alpha value is -1.80. The summed E-state index contributed by atoms with van der Waals surface area (Å²) < 4.78 is 1.63. The van der Waals surface area contributed by atoms with Gasteiger partial charge < -0.3 is 11.1 Å². The topological polar surface area (TPSA) is 98.7 Å². The third-order valence-corrected chi connectivity index (χ3v) is 4.29. The summed E-state index contributed by atoms with van der Waals surface area (Å²) in [7, 11) is 0. The number of amides is 1. The molecule has 1 atom stereocenters. The van der Waals surface area contributed by atoms with Crippen LogP contribution in [0.15, 0.2) is 12.7 Å². The Bertz CT molecular complexity index is 593. The molecule has 0 aromatic carbocycles. The van der Waals surface area contributed by atoms with Gasteiger partial charge in [0.25, 0.3) is 0 Å². The van der Waals surface area contributed by atoms with Crippen LogP contribution in [0.3, 0.4) is 0 Å². The first-order valence-corrected chi connectivity index (χ1v) is 7.39. The van der Waals surface area contributed by atoms with E-state index in [2.05, 4.69) is 20.4 Å². The molecule has 2 heterocycles. The number of rotatable bonds is 4. The zero-order chi connectivity index (χ0) is 13.9. The van der Waals surface area contributed by atoms with E-state index >= 15 is 0 Å². The van der Waals surface area contributed by atoms with E-state index in [9.17, 15) is 4.79 Å². The third-order valence-electron chi connectivity index (χ3n) is 3.26. The number of thiazole rings is 1. The second kappa shape index (κ2) is 5.68. The quantitative estimate of drug-likeness (QED) is 0.859. The van der Waals surface area contributed by atoms with Crippen LogP contribution in [-0.2, 0) is 24.2 Å². The van der Waals surface area contributed by atoms with Crippen molar-refractivity contribution in [2.24, 2.45) is 5.73 Å². The summed E-state index contributed by atoms with van der Waals surface area (Å²) in [6.45, 7) is 0.516. The average Bonchev–Trinajstić information content (AvgIpc) is 3.04. The highest BCUT2D eigenvalue weighted by Gasteiger charge is 2.20. The van der Waals surface area contributed by atoms with Gasteiger partial charge in [0, 0.05) is 17.3 Å². The Morgan fingerprint density at radius 2 is 2.50 bits per heavy atom. The van der Waals surface area contributed by atoms with Crippen LogP contribution >= 0.6 is 11.3 Å². The molecule has 0 saturated carbocycles. The van der Waals surface area contributed by atoms with Crippen LogP contribution in [0.2, 0.25) is 0 Å². The van der Waals surface area contributed by atoms with E-state index in [-0.39, 0.29) is 11.9 Å². The predicted octanol–water partition coefficient (Wildman–Crippen LogP) is 0.579. The number of nitrogens with one attached hydrogen (secondary N) is 1. The monoisotopic (exact) mass is 292 g/mol. The number of hydrogen-bond donors (Lipinski definition) is 2. The summed E-state index contributed by atoms with van der Waals surface area (Å²) in [6, 6.07) is 0.221. The van der Waals surface area contributed by atoms with E-state index in [1.165, 1.54) is 22.5 Å². The van der Waals surface area contributed by atoms with E-state index in [1.807, 2.05) is 0 Å². The molecule has 0 unspecified atom stereocenters. The highest BCUT2D eigenvalue weighted by Crippen LogP contribution is 2.29. The summed E-state index contributed by atoms with van der Waals surface area (Å²) in [4.78, 5) is 21.4. The van der Waals surface area contributed by atoms with Crippen LogP contribution in [-0.4, -0.2) is 31.7 Å². The molecule has 7 nitrogen and oxygen atoms in total. The largest absolute Gasteiger partial charge is 0.327 e. The molecule has 0 spiro atoms. The van der Waals surface area contributed by atoms with Crippen molar-refractivity contribution in [3.8, 4) is 0 Å². The minimum Gasteiger partial charge on any atom is -0.327 e. The van der Waals surface area contributed by atoms with Crippen molar-refractivity contribution < 1.29 is 4.79 Å². The number of carbonyl (C=O) groups excluding carboxylic acids is 1. The first-order chi connectivity index (χ1) is 9.70. The number of carbonyl (C=O) groups is 1. The van der Waals surface area contributed by atoms with Crippen LogP contribution < -0.4 is 11.1 Å². The summed E-state index contributed by atoms with van der Waals surface area (Å²) in [5.41, 5.74) is 7.02. The molecule has 8 heteroatoms. The lowest BCUT2D eigenvalue weighted by atomic mass is 9.99. The fourth-order valence-corrected chi connectivity index (χ4v) is 3.32. The summed E-state index contributed by atoms with van der Waals surface area (Å²) in [5.74, 6) is -0.0594. The van der Waals surface area contributed by atoms with Gasteiger partial charge in [0.15, 0.2) is 5.13 Å². The first-order valence-electron chi connectivity index (χ1n) is 6.57. The molecule has 1 aliphatic carbocycles. The Labute approximate surface area is 120 Å². The minimum atomic E-state index is -0.0594. The normalized spacial score (nSPS) is 17.8. The predicted molar refractivity (Wildman–Crippen MR) is 75.4 cm³/mol. The molecule has 20 heavy (non-hydrogen) atoms. The van der Waals surface area contributed by atoms with Gasteiger partial charge in [-0.15, -0.1) is 11.3 Å². The Balaban J connectivity index is 1.56. The highest BCUT2D eigenvalue weighted by molar-refractivity contribution is 7.15. The number of anilines is 1. The van der Waals surface area contributed by atoms with E-state index in [4.69, 9.17) is 5.73 Å². The Morgan fingerprint density at radius 1 is 1.60 bits per heavy atom. The zero-order valence-electron chi connectivity index (χ0n) is 11.0. The molecule has 0 saturated heterocycles. The molecule has 0 fully saturated rings. The van der Waals surface area contributed by atoms with Crippen molar-refractivity contribution in [1.82, 2.24) is 19.7 Å². The molecule has 1 amide bonds. The molecule has 106 valence electrons. The maximum Gasteiger partial charge on any atom is 0.228 e. The van der Waals surface area contributed by atoms with Gasteiger partial charge in [0.05, 0.1) is 12.2 Å².